The quantitative estimate of drug-likeness (QED) is 0.430. The number of hydrogen-bond donors (Lipinski definition) is 1. The molecule has 1 aliphatic heterocycles. The van der Waals surface area contributed by atoms with Crippen LogP contribution in [0.25, 0.3) is 0 Å². The zero-order chi connectivity index (χ0) is 22.3. The molecular weight excluding hydrogens is 426 g/mol. The van der Waals surface area contributed by atoms with Crippen LogP contribution in [0.2, 0.25) is 5.02 Å². The maximum atomic E-state index is 12.4. The lowest BCUT2D eigenvalue weighted by Crippen LogP contribution is -2.30. The molecule has 0 spiro atoms. The first-order chi connectivity index (χ1) is 15.6. The van der Waals surface area contributed by atoms with E-state index in [0.717, 1.165) is 16.8 Å². The normalized spacial score (nSPS) is 15.8. The summed E-state index contributed by atoms with van der Waals surface area (Å²) in [4.78, 5) is 26.3. The number of hydrogen-bond acceptors (Lipinski definition) is 4. The van der Waals surface area contributed by atoms with E-state index in [1.807, 2.05) is 78.9 Å². The first-order valence-electron chi connectivity index (χ1n) is 10.2. The van der Waals surface area contributed by atoms with Gasteiger partial charge in [-0.25, -0.2) is 5.43 Å². The van der Waals surface area contributed by atoms with E-state index in [2.05, 4.69) is 10.5 Å². The molecule has 1 heterocycles. The first-order valence-corrected chi connectivity index (χ1v) is 10.6. The van der Waals surface area contributed by atoms with Crippen LogP contribution in [0.3, 0.4) is 0 Å². The molecule has 32 heavy (non-hydrogen) atoms. The van der Waals surface area contributed by atoms with Gasteiger partial charge in [0, 0.05) is 29.2 Å². The van der Waals surface area contributed by atoms with Crippen molar-refractivity contribution in [3.63, 3.8) is 0 Å². The monoisotopic (exact) mass is 447 g/mol. The van der Waals surface area contributed by atoms with Crippen molar-refractivity contribution in [1.82, 2.24) is 5.43 Å². The number of halogens is 1. The Balaban J connectivity index is 1.27. The van der Waals surface area contributed by atoms with Gasteiger partial charge in [-0.2, -0.15) is 5.10 Å². The summed E-state index contributed by atoms with van der Waals surface area (Å²) in [6, 6.07) is 24.2. The van der Waals surface area contributed by atoms with Crippen LogP contribution in [0.1, 0.15) is 17.5 Å². The van der Waals surface area contributed by atoms with E-state index in [-0.39, 0.29) is 18.2 Å². The summed E-state index contributed by atoms with van der Waals surface area (Å²) in [5, 5.41) is 4.70. The molecule has 0 bridgehead atoms. The number of amides is 2. The lowest BCUT2D eigenvalue weighted by atomic mass is 10.1. The second-order valence-electron chi connectivity index (χ2n) is 7.42. The summed E-state index contributed by atoms with van der Waals surface area (Å²) >= 11 is 6.14. The second kappa shape index (κ2) is 10.1. The van der Waals surface area contributed by atoms with Gasteiger partial charge in [0.2, 0.25) is 11.8 Å². The topological polar surface area (TPSA) is 71.0 Å². The number of para-hydroxylation sites is 1. The highest BCUT2D eigenvalue weighted by Crippen LogP contribution is 2.25. The van der Waals surface area contributed by atoms with E-state index >= 15 is 0 Å². The van der Waals surface area contributed by atoms with Crippen molar-refractivity contribution >= 4 is 35.3 Å². The molecule has 1 aliphatic rings. The minimum absolute atomic E-state index is 0.0623. The molecule has 0 aliphatic carbocycles. The van der Waals surface area contributed by atoms with Gasteiger partial charge >= 0.3 is 0 Å². The third kappa shape index (κ3) is 5.34. The van der Waals surface area contributed by atoms with Gasteiger partial charge in [-0.15, -0.1) is 0 Å². The predicted octanol–water partition coefficient (Wildman–Crippen LogP) is 4.42. The molecule has 0 radical (unpaired) electrons. The number of anilines is 1. The van der Waals surface area contributed by atoms with Crippen molar-refractivity contribution in [3.8, 4) is 5.75 Å². The average molecular weight is 448 g/mol. The summed E-state index contributed by atoms with van der Waals surface area (Å²) in [5.74, 6) is -0.0579. The number of rotatable bonds is 7. The number of carbonyl (C=O) groups excluding carboxylic acids is 2. The summed E-state index contributed by atoms with van der Waals surface area (Å²) < 4.78 is 5.76. The highest BCUT2D eigenvalue weighted by atomic mass is 35.5. The first kappa shape index (κ1) is 21.6. The van der Waals surface area contributed by atoms with E-state index in [1.165, 1.54) is 0 Å². The average Bonchev–Trinajstić information content (AvgIpc) is 3.22. The summed E-state index contributed by atoms with van der Waals surface area (Å²) in [6.07, 6.45) is 1.73. The Bertz CT molecular complexity index is 1120. The summed E-state index contributed by atoms with van der Waals surface area (Å²) in [5.41, 5.74) is 5.06. The molecule has 7 heteroatoms. The van der Waals surface area contributed by atoms with Gasteiger partial charge in [0.1, 0.15) is 12.4 Å². The smallest absolute Gasteiger partial charge is 0.245 e. The van der Waals surface area contributed by atoms with Crippen LogP contribution >= 0.6 is 11.6 Å². The molecule has 3 aromatic rings. The van der Waals surface area contributed by atoms with Gasteiger partial charge in [0.25, 0.3) is 0 Å². The molecule has 0 aromatic heterocycles. The Hall–Kier alpha value is -3.64. The van der Waals surface area contributed by atoms with Crippen molar-refractivity contribution in [1.29, 1.82) is 0 Å². The fourth-order valence-corrected chi connectivity index (χ4v) is 3.62. The van der Waals surface area contributed by atoms with Gasteiger partial charge in [0.05, 0.1) is 12.1 Å². The molecule has 1 saturated heterocycles. The Labute approximate surface area is 191 Å². The van der Waals surface area contributed by atoms with Gasteiger partial charge in [0.15, 0.2) is 0 Å². The molecule has 3 aromatic carbocycles. The molecule has 1 fully saturated rings. The van der Waals surface area contributed by atoms with Gasteiger partial charge in [-0.1, -0.05) is 48.0 Å². The van der Waals surface area contributed by atoms with Crippen molar-refractivity contribution in [2.75, 3.05) is 11.4 Å². The van der Waals surface area contributed by atoms with E-state index in [4.69, 9.17) is 16.3 Å². The maximum Gasteiger partial charge on any atom is 0.245 e. The van der Waals surface area contributed by atoms with Crippen LogP contribution in [0.4, 0.5) is 5.69 Å². The summed E-state index contributed by atoms with van der Waals surface area (Å²) in [6.45, 7) is 0.727. The second-order valence-corrected chi connectivity index (χ2v) is 7.83. The fraction of sp³-hybridized carbons (Fsp3) is 0.160. The number of benzene rings is 3. The maximum absolute atomic E-state index is 12.4. The Morgan fingerprint density at radius 1 is 1.06 bits per heavy atom. The molecule has 6 nitrogen and oxygen atoms in total. The highest BCUT2D eigenvalue weighted by molar-refractivity contribution is 6.31. The SMILES string of the molecule is O=C(N/N=C\c1ccc(OCc2ccccc2Cl)cc1)[C@H]1CC(=O)N(c2ccccc2)C1. The van der Waals surface area contributed by atoms with Crippen molar-refractivity contribution in [2.24, 2.45) is 11.0 Å². The largest absolute Gasteiger partial charge is 0.489 e. The van der Waals surface area contributed by atoms with Crippen molar-refractivity contribution in [3.05, 3.63) is 95.0 Å². The summed E-state index contributed by atoms with van der Waals surface area (Å²) in [7, 11) is 0. The van der Waals surface area contributed by atoms with Crippen LogP contribution in [0, 0.1) is 5.92 Å². The van der Waals surface area contributed by atoms with Gasteiger partial charge in [-0.05, 0) is 48.0 Å². The Kier molecular flexibility index (Phi) is 6.82. The zero-order valence-corrected chi connectivity index (χ0v) is 18.0. The van der Waals surface area contributed by atoms with E-state index < -0.39 is 5.92 Å². The zero-order valence-electron chi connectivity index (χ0n) is 17.3. The number of nitrogens with zero attached hydrogens (tertiary/aromatic N) is 2. The number of carbonyl (C=O) groups is 2. The van der Waals surface area contributed by atoms with Gasteiger partial charge in [-0.3, -0.25) is 9.59 Å². The Morgan fingerprint density at radius 3 is 2.53 bits per heavy atom. The van der Waals surface area contributed by atoms with Crippen LogP contribution in [-0.2, 0) is 16.2 Å². The standard InChI is InChI=1S/C25H22ClN3O3/c26-23-9-5-4-6-19(23)17-32-22-12-10-18(11-13-22)15-27-28-25(31)20-14-24(30)29(16-20)21-7-2-1-3-8-21/h1-13,15,20H,14,16-17H2,(H,28,31)/b27-15-/t20-/m0/s1. The predicted molar refractivity (Wildman–Crippen MR) is 125 cm³/mol. The molecule has 0 saturated carbocycles. The lowest BCUT2D eigenvalue weighted by Gasteiger charge is -2.16. The molecule has 4 rings (SSSR count). The number of ether oxygens (including phenoxy) is 1. The van der Waals surface area contributed by atoms with Crippen LogP contribution in [0.15, 0.2) is 84.0 Å². The molecular formula is C25H22ClN3O3. The number of nitrogens with one attached hydrogen (secondary N) is 1. The third-order valence-electron chi connectivity index (χ3n) is 5.18. The molecule has 1 N–H and O–H groups in total. The molecule has 0 unspecified atom stereocenters. The number of hydrazone groups is 1. The Morgan fingerprint density at radius 2 is 1.78 bits per heavy atom. The van der Waals surface area contributed by atoms with Gasteiger partial charge < -0.3 is 9.64 Å². The third-order valence-corrected chi connectivity index (χ3v) is 5.55. The van der Waals surface area contributed by atoms with Crippen LogP contribution in [0.5, 0.6) is 5.75 Å². The van der Waals surface area contributed by atoms with E-state index in [0.29, 0.717) is 23.9 Å². The van der Waals surface area contributed by atoms with Crippen molar-refractivity contribution in [2.45, 2.75) is 13.0 Å². The van der Waals surface area contributed by atoms with E-state index in [1.54, 1.807) is 11.1 Å². The van der Waals surface area contributed by atoms with Crippen molar-refractivity contribution < 1.29 is 14.3 Å². The molecule has 162 valence electrons. The van der Waals surface area contributed by atoms with E-state index in [9.17, 15) is 9.59 Å². The molecule has 2 amide bonds. The van der Waals surface area contributed by atoms with Crippen LogP contribution in [-0.4, -0.2) is 24.6 Å². The highest BCUT2D eigenvalue weighted by Gasteiger charge is 2.34. The fourth-order valence-electron chi connectivity index (χ4n) is 3.43. The molecule has 1 atom stereocenters. The minimum Gasteiger partial charge on any atom is -0.489 e. The van der Waals surface area contributed by atoms with Crippen LogP contribution < -0.4 is 15.1 Å². The lowest BCUT2D eigenvalue weighted by molar-refractivity contribution is -0.126. The minimum atomic E-state index is -0.430.